The van der Waals surface area contributed by atoms with Gasteiger partial charge in [0.2, 0.25) is 0 Å². The molecule has 77 valence electrons. The van der Waals surface area contributed by atoms with Crippen LogP contribution in [0.4, 0.5) is 0 Å². The van der Waals surface area contributed by atoms with Crippen molar-refractivity contribution in [2.24, 2.45) is 0 Å². The van der Waals surface area contributed by atoms with Crippen LogP contribution in [-0.2, 0) is 0 Å². The molecule has 0 spiro atoms. The fourth-order valence-electron chi connectivity index (χ4n) is 1.85. The van der Waals surface area contributed by atoms with E-state index in [1.807, 2.05) is 18.2 Å². The molecular formula is C14H6N3. The highest BCUT2D eigenvalue weighted by molar-refractivity contribution is 5.97. The molecule has 0 amide bonds. The van der Waals surface area contributed by atoms with E-state index in [2.05, 4.69) is 6.92 Å². The van der Waals surface area contributed by atoms with Crippen molar-refractivity contribution in [1.82, 2.24) is 0 Å². The average Bonchev–Trinajstić information content (AvgIpc) is 2.37. The van der Waals surface area contributed by atoms with Crippen molar-refractivity contribution in [2.75, 3.05) is 0 Å². The average molecular weight is 216 g/mol. The molecule has 0 saturated carbocycles. The lowest BCUT2D eigenvalue weighted by molar-refractivity contribution is 1.43. The van der Waals surface area contributed by atoms with Crippen molar-refractivity contribution in [1.29, 1.82) is 15.8 Å². The molecule has 3 heteroatoms. The van der Waals surface area contributed by atoms with Crippen LogP contribution in [0.1, 0.15) is 22.3 Å². The maximum absolute atomic E-state index is 9.13. The lowest BCUT2D eigenvalue weighted by Gasteiger charge is -2.07. The predicted molar refractivity (Wildman–Crippen MR) is 62.6 cm³/mol. The van der Waals surface area contributed by atoms with Crippen LogP contribution in [0.2, 0.25) is 0 Å². The third kappa shape index (κ3) is 1.49. The predicted octanol–water partition coefficient (Wildman–Crippen LogP) is 2.64. The number of nitriles is 3. The van der Waals surface area contributed by atoms with E-state index in [1.54, 1.807) is 24.3 Å². The minimum Gasteiger partial charge on any atom is -0.192 e. The zero-order chi connectivity index (χ0) is 12.4. The molecule has 0 aliphatic heterocycles. The first-order valence-electron chi connectivity index (χ1n) is 4.85. The summed E-state index contributed by atoms with van der Waals surface area (Å²) < 4.78 is 0. The van der Waals surface area contributed by atoms with E-state index in [0.717, 1.165) is 5.39 Å². The van der Waals surface area contributed by atoms with Gasteiger partial charge < -0.3 is 0 Å². The Morgan fingerprint density at radius 3 is 2.24 bits per heavy atom. The van der Waals surface area contributed by atoms with E-state index in [0.29, 0.717) is 16.5 Å². The molecule has 0 N–H and O–H groups in total. The van der Waals surface area contributed by atoms with Gasteiger partial charge in [0.05, 0.1) is 22.8 Å². The number of fused-ring (bicyclic) bond motifs is 1. The van der Waals surface area contributed by atoms with Crippen molar-refractivity contribution >= 4 is 10.8 Å². The fourth-order valence-corrected chi connectivity index (χ4v) is 1.85. The Hall–Kier alpha value is -2.83. The highest BCUT2D eigenvalue weighted by Crippen LogP contribution is 2.28. The molecule has 0 aliphatic carbocycles. The summed E-state index contributed by atoms with van der Waals surface area (Å²) in [6, 6.07) is 12.7. The molecule has 2 aromatic carbocycles. The van der Waals surface area contributed by atoms with Crippen molar-refractivity contribution in [3.8, 4) is 18.2 Å². The van der Waals surface area contributed by atoms with E-state index >= 15 is 0 Å². The Morgan fingerprint density at radius 2 is 1.65 bits per heavy atom. The summed E-state index contributed by atoms with van der Waals surface area (Å²) in [5, 5.41) is 28.4. The molecule has 0 bridgehead atoms. The fraction of sp³-hybridized carbons (Fsp3) is 0. The summed E-state index contributed by atoms with van der Waals surface area (Å²) in [5.41, 5.74) is 1.54. The summed E-state index contributed by atoms with van der Waals surface area (Å²) >= 11 is 0. The van der Waals surface area contributed by atoms with Gasteiger partial charge in [0.15, 0.2) is 0 Å². The SMILES string of the molecule is [CH2]c1cc(C#N)c(C#N)c2c(C#N)cccc12. The van der Waals surface area contributed by atoms with E-state index < -0.39 is 0 Å². The van der Waals surface area contributed by atoms with E-state index in [-0.39, 0.29) is 11.1 Å². The molecular weight excluding hydrogens is 210 g/mol. The van der Waals surface area contributed by atoms with Crippen molar-refractivity contribution < 1.29 is 0 Å². The summed E-state index contributed by atoms with van der Waals surface area (Å²) in [7, 11) is 0. The van der Waals surface area contributed by atoms with Gasteiger partial charge in [-0.25, -0.2) is 0 Å². The van der Waals surface area contributed by atoms with Crippen LogP contribution in [0.5, 0.6) is 0 Å². The third-order valence-electron chi connectivity index (χ3n) is 2.60. The van der Waals surface area contributed by atoms with Gasteiger partial charge >= 0.3 is 0 Å². The first-order valence-corrected chi connectivity index (χ1v) is 4.85. The zero-order valence-corrected chi connectivity index (χ0v) is 8.86. The first kappa shape index (κ1) is 10.7. The maximum Gasteiger partial charge on any atom is 0.101 e. The van der Waals surface area contributed by atoms with Crippen LogP contribution < -0.4 is 0 Å². The molecule has 0 unspecified atom stereocenters. The zero-order valence-electron chi connectivity index (χ0n) is 8.86. The number of rotatable bonds is 0. The van der Waals surface area contributed by atoms with Crippen LogP contribution in [0.25, 0.3) is 10.8 Å². The van der Waals surface area contributed by atoms with Gasteiger partial charge in [-0.15, -0.1) is 0 Å². The molecule has 0 saturated heterocycles. The Morgan fingerprint density at radius 1 is 0.941 bits per heavy atom. The van der Waals surface area contributed by atoms with Crippen LogP contribution in [0.3, 0.4) is 0 Å². The topological polar surface area (TPSA) is 71.4 Å². The van der Waals surface area contributed by atoms with Crippen molar-refractivity contribution in [2.45, 2.75) is 0 Å². The van der Waals surface area contributed by atoms with Gasteiger partial charge in [-0.1, -0.05) is 12.1 Å². The van der Waals surface area contributed by atoms with Crippen LogP contribution >= 0.6 is 0 Å². The van der Waals surface area contributed by atoms with E-state index in [1.165, 1.54) is 0 Å². The second kappa shape index (κ2) is 3.97. The van der Waals surface area contributed by atoms with Crippen LogP contribution in [0.15, 0.2) is 24.3 Å². The number of benzene rings is 2. The molecule has 0 atom stereocenters. The molecule has 0 aliphatic rings. The lowest BCUT2D eigenvalue weighted by Crippen LogP contribution is -1.92. The van der Waals surface area contributed by atoms with Gasteiger partial charge in [0.25, 0.3) is 0 Å². The standard InChI is InChI=1S/C14H6N3/c1-9-5-11(7-16)13(8-17)14-10(6-15)3-2-4-12(9)14/h2-5H,1H2. The van der Waals surface area contributed by atoms with Crippen molar-refractivity contribution in [3.05, 3.63) is 53.4 Å². The minimum atomic E-state index is 0.243. The van der Waals surface area contributed by atoms with Gasteiger partial charge in [-0.2, -0.15) is 15.8 Å². The van der Waals surface area contributed by atoms with Gasteiger partial charge in [0.1, 0.15) is 12.1 Å². The lowest BCUT2D eigenvalue weighted by atomic mass is 9.93. The molecule has 0 fully saturated rings. The minimum absolute atomic E-state index is 0.243. The van der Waals surface area contributed by atoms with Gasteiger partial charge in [-0.05, 0) is 30.0 Å². The molecule has 0 heterocycles. The summed E-state index contributed by atoms with van der Waals surface area (Å²) in [5.74, 6) is 0. The number of hydrogen-bond donors (Lipinski definition) is 0. The monoisotopic (exact) mass is 216 g/mol. The molecule has 0 aromatic heterocycles. The molecule has 1 radical (unpaired) electrons. The normalized spacial score (nSPS) is 9.29. The Labute approximate surface area is 98.8 Å². The number of hydrogen-bond acceptors (Lipinski definition) is 3. The molecule has 2 rings (SSSR count). The molecule has 17 heavy (non-hydrogen) atoms. The summed E-state index contributed by atoms with van der Waals surface area (Å²) in [6.07, 6.45) is 0. The second-order valence-corrected chi connectivity index (χ2v) is 3.52. The van der Waals surface area contributed by atoms with Crippen LogP contribution in [-0.4, -0.2) is 0 Å². The third-order valence-corrected chi connectivity index (χ3v) is 2.60. The Kier molecular flexibility index (Phi) is 2.49. The van der Waals surface area contributed by atoms with Crippen LogP contribution in [0, 0.1) is 40.9 Å². The number of nitrogens with zero attached hydrogens (tertiary/aromatic N) is 3. The van der Waals surface area contributed by atoms with Crippen molar-refractivity contribution in [3.63, 3.8) is 0 Å². The Balaban J connectivity index is 3.12. The largest absolute Gasteiger partial charge is 0.192 e. The second-order valence-electron chi connectivity index (χ2n) is 3.52. The first-order chi connectivity index (χ1) is 8.22. The van der Waals surface area contributed by atoms with E-state index in [9.17, 15) is 0 Å². The Bertz CT molecular complexity index is 737. The van der Waals surface area contributed by atoms with E-state index in [4.69, 9.17) is 15.8 Å². The maximum atomic E-state index is 9.13. The smallest absolute Gasteiger partial charge is 0.101 e. The van der Waals surface area contributed by atoms with Gasteiger partial charge in [0, 0.05) is 5.39 Å². The summed E-state index contributed by atoms with van der Waals surface area (Å²) in [6.45, 7) is 3.84. The summed E-state index contributed by atoms with van der Waals surface area (Å²) in [4.78, 5) is 0. The molecule has 3 nitrogen and oxygen atoms in total. The molecule has 2 aromatic rings. The quantitative estimate of drug-likeness (QED) is 0.679. The highest BCUT2D eigenvalue weighted by Gasteiger charge is 2.12. The van der Waals surface area contributed by atoms with Gasteiger partial charge in [-0.3, -0.25) is 0 Å². The highest BCUT2D eigenvalue weighted by atomic mass is 14.3.